The van der Waals surface area contributed by atoms with Gasteiger partial charge in [-0.1, -0.05) is 69.3 Å². The Balaban J connectivity index is 1.40. The van der Waals surface area contributed by atoms with Crippen molar-refractivity contribution in [3.05, 3.63) is 59.7 Å². The molecule has 1 aliphatic heterocycles. The van der Waals surface area contributed by atoms with E-state index < -0.39 is 29.4 Å². The number of carbonyl (C=O) groups excluding carboxylic acids is 2. The van der Waals surface area contributed by atoms with Gasteiger partial charge in [0.25, 0.3) is 0 Å². The molecule has 1 aliphatic carbocycles. The molecule has 2 aromatic rings. The van der Waals surface area contributed by atoms with Gasteiger partial charge in [0, 0.05) is 19.0 Å². The highest BCUT2D eigenvalue weighted by Gasteiger charge is 2.46. The molecule has 2 aromatic carbocycles. The summed E-state index contributed by atoms with van der Waals surface area (Å²) in [6, 6.07) is 15.4. The van der Waals surface area contributed by atoms with E-state index in [0.717, 1.165) is 22.3 Å². The summed E-state index contributed by atoms with van der Waals surface area (Å²) in [5.74, 6) is -1.88. The molecule has 0 radical (unpaired) electrons. The van der Waals surface area contributed by atoms with Crippen molar-refractivity contribution in [2.75, 3.05) is 19.7 Å². The van der Waals surface area contributed by atoms with Crippen LogP contribution in [0.3, 0.4) is 0 Å². The van der Waals surface area contributed by atoms with Crippen LogP contribution < -0.4 is 5.32 Å². The average molecular weight is 451 g/mol. The van der Waals surface area contributed by atoms with Gasteiger partial charge in [0.15, 0.2) is 0 Å². The first-order valence-electron chi connectivity index (χ1n) is 11.4. The molecule has 2 atom stereocenters. The molecule has 4 rings (SSSR count). The van der Waals surface area contributed by atoms with Crippen molar-refractivity contribution in [1.82, 2.24) is 10.2 Å². The van der Waals surface area contributed by atoms with Crippen molar-refractivity contribution in [3.63, 3.8) is 0 Å². The van der Waals surface area contributed by atoms with Crippen LogP contribution in [0.4, 0.5) is 4.79 Å². The molecular weight excluding hydrogens is 420 g/mol. The Kier molecular flexibility index (Phi) is 6.15. The lowest BCUT2D eigenvalue weighted by molar-refractivity contribution is -0.144. The number of hydrogen-bond donors (Lipinski definition) is 2. The largest absolute Gasteiger partial charge is 0.481 e. The molecule has 1 unspecified atom stereocenters. The molecule has 2 amide bonds. The van der Waals surface area contributed by atoms with Crippen LogP contribution in [0.25, 0.3) is 11.1 Å². The highest BCUT2D eigenvalue weighted by Crippen LogP contribution is 2.44. The topological polar surface area (TPSA) is 95.9 Å². The van der Waals surface area contributed by atoms with Gasteiger partial charge in [-0.15, -0.1) is 0 Å². The van der Waals surface area contributed by atoms with Gasteiger partial charge >= 0.3 is 12.1 Å². The fourth-order valence-corrected chi connectivity index (χ4v) is 5.06. The van der Waals surface area contributed by atoms with Crippen LogP contribution in [0, 0.1) is 11.3 Å². The van der Waals surface area contributed by atoms with Gasteiger partial charge in [0.1, 0.15) is 12.6 Å². The Labute approximate surface area is 193 Å². The Morgan fingerprint density at radius 1 is 1.09 bits per heavy atom. The first kappa shape index (κ1) is 22.8. The number of benzene rings is 2. The first-order valence-corrected chi connectivity index (χ1v) is 11.4. The van der Waals surface area contributed by atoms with Crippen LogP contribution in [0.15, 0.2) is 48.5 Å². The number of alkyl carbamates (subject to hydrolysis) is 1. The van der Waals surface area contributed by atoms with E-state index >= 15 is 0 Å². The van der Waals surface area contributed by atoms with E-state index in [4.69, 9.17) is 4.74 Å². The number of carboxylic acid groups (broad SMARTS) is 1. The number of aliphatic carboxylic acids is 1. The summed E-state index contributed by atoms with van der Waals surface area (Å²) in [5.41, 5.74) is 4.01. The molecule has 2 N–H and O–H groups in total. The Morgan fingerprint density at radius 3 is 2.18 bits per heavy atom. The molecule has 0 bridgehead atoms. The number of nitrogens with one attached hydrogen (secondary N) is 1. The van der Waals surface area contributed by atoms with Crippen molar-refractivity contribution in [2.24, 2.45) is 11.3 Å². The van der Waals surface area contributed by atoms with Gasteiger partial charge in [-0.3, -0.25) is 9.59 Å². The van der Waals surface area contributed by atoms with Crippen molar-refractivity contribution in [3.8, 4) is 11.1 Å². The summed E-state index contributed by atoms with van der Waals surface area (Å²) in [6.07, 6.45) is -0.261. The third-order valence-electron chi connectivity index (χ3n) is 6.90. The Bertz CT molecular complexity index is 1030. The molecule has 7 nitrogen and oxygen atoms in total. The molecule has 1 heterocycles. The molecular formula is C26H30N2O5. The Hall–Kier alpha value is -3.35. The maximum absolute atomic E-state index is 13.0. The lowest BCUT2D eigenvalue weighted by Crippen LogP contribution is -2.48. The maximum Gasteiger partial charge on any atom is 0.407 e. The standard InChI is InChI=1S/C26H30N2O5/c1-4-22(23(29)28-13-21(24(30)31)26(2,3)15-28)27-25(32)33-14-20-18-11-7-5-9-16(18)17-10-6-8-12-19(17)20/h5-12,20-22H,4,13-15H2,1-3H3,(H,27,32)(H,30,31)/t21?,22-/m0/s1. The van der Waals surface area contributed by atoms with E-state index in [1.54, 1.807) is 0 Å². The molecule has 174 valence electrons. The summed E-state index contributed by atoms with van der Waals surface area (Å²) in [5, 5.41) is 12.2. The first-order chi connectivity index (χ1) is 15.7. The number of hydrogen-bond acceptors (Lipinski definition) is 4. The molecule has 0 spiro atoms. The van der Waals surface area contributed by atoms with Crippen LogP contribution in [0.5, 0.6) is 0 Å². The van der Waals surface area contributed by atoms with E-state index in [0.29, 0.717) is 13.0 Å². The number of likely N-dealkylation sites (tertiary alicyclic amines) is 1. The molecule has 7 heteroatoms. The van der Waals surface area contributed by atoms with Crippen LogP contribution in [0.1, 0.15) is 44.2 Å². The number of carboxylic acids is 1. The second-order valence-corrected chi connectivity index (χ2v) is 9.53. The van der Waals surface area contributed by atoms with E-state index in [1.807, 2.05) is 57.2 Å². The summed E-state index contributed by atoms with van der Waals surface area (Å²) < 4.78 is 5.57. The maximum atomic E-state index is 13.0. The van der Waals surface area contributed by atoms with Crippen molar-refractivity contribution >= 4 is 18.0 Å². The minimum Gasteiger partial charge on any atom is -0.481 e. The highest BCUT2D eigenvalue weighted by molar-refractivity contribution is 5.87. The van der Waals surface area contributed by atoms with Gasteiger partial charge in [-0.25, -0.2) is 4.79 Å². The molecule has 1 saturated heterocycles. The van der Waals surface area contributed by atoms with Crippen LogP contribution in [-0.2, 0) is 14.3 Å². The summed E-state index contributed by atoms with van der Waals surface area (Å²) >= 11 is 0. The van der Waals surface area contributed by atoms with Crippen molar-refractivity contribution in [2.45, 2.75) is 39.2 Å². The fraction of sp³-hybridized carbons (Fsp3) is 0.423. The van der Waals surface area contributed by atoms with E-state index in [2.05, 4.69) is 17.4 Å². The minimum absolute atomic E-state index is 0.0605. The van der Waals surface area contributed by atoms with Crippen LogP contribution in [0.2, 0.25) is 0 Å². The summed E-state index contributed by atoms with van der Waals surface area (Å²) in [7, 11) is 0. The quantitative estimate of drug-likeness (QED) is 0.697. The zero-order chi connectivity index (χ0) is 23.8. The number of nitrogens with zero attached hydrogens (tertiary/aromatic N) is 1. The molecule has 1 fully saturated rings. The summed E-state index contributed by atoms with van der Waals surface area (Å²) in [6.45, 7) is 6.15. The van der Waals surface area contributed by atoms with Crippen LogP contribution in [-0.4, -0.2) is 53.7 Å². The van der Waals surface area contributed by atoms with Gasteiger partial charge in [-0.2, -0.15) is 0 Å². The van der Waals surface area contributed by atoms with Crippen molar-refractivity contribution in [1.29, 1.82) is 0 Å². The van der Waals surface area contributed by atoms with Gasteiger partial charge < -0.3 is 20.1 Å². The van der Waals surface area contributed by atoms with Gasteiger partial charge in [0.05, 0.1) is 5.92 Å². The minimum atomic E-state index is -0.909. The highest BCUT2D eigenvalue weighted by atomic mass is 16.5. The summed E-state index contributed by atoms with van der Waals surface area (Å²) in [4.78, 5) is 38.7. The third-order valence-corrected chi connectivity index (χ3v) is 6.90. The fourth-order valence-electron chi connectivity index (χ4n) is 5.06. The number of rotatable bonds is 6. The molecule has 33 heavy (non-hydrogen) atoms. The zero-order valence-corrected chi connectivity index (χ0v) is 19.2. The predicted octanol–water partition coefficient (Wildman–Crippen LogP) is 3.87. The third kappa shape index (κ3) is 4.32. The lowest BCUT2D eigenvalue weighted by atomic mass is 9.82. The lowest BCUT2D eigenvalue weighted by Gasteiger charge is -2.25. The molecule has 0 saturated carbocycles. The smallest absolute Gasteiger partial charge is 0.407 e. The van der Waals surface area contributed by atoms with Crippen LogP contribution >= 0.6 is 0 Å². The SMILES string of the molecule is CC[C@H](NC(=O)OCC1c2ccccc2-c2ccccc21)C(=O)N1CC(C(=O)O)C(C)(C)C1. The molecule has 0 aromatic heterocycles. The second kappa shape index (κ2) is 8.89. The normalized spacial score (nSPS) is 19.5. The number of amides is 2. The van der Waals surface area contributed by atoms with Crippen molar-refractivity contribution < 1.29 is 24.2 Å². The van der Waals surface area contributed by atoms with E-state index in [1.165, 1.54) is 4.90 Å². The molecule has 2 aliphatic rings. The predicted molar refractivity (Wildman–Crippen MR) is 124 cm³/mol. The zero-order valence-electron chi connectivity index (χ0n) is 19.2. The second-order valence-electron chi connectivity index (χ2n) is 9.53. The number of carbonyl (C=O) groups is 3. The van der Waals surface area contributed by atoms with E-state index in [9.17, 15) is 19.5 Å². The monoisotopic (exact) mass is 450 g/mol. The average Bonchev–Trinajstić information content (AvgIpc) is 3.29. The Morgan fingerprint density at radius 2 is 1.67 bits per heavy atom. The van der Waals surface area contributed by atoms with Gasteiger partial charge in [0.2, 0.25) is 5.91 Å². The number of ether oxygens (including phenoxy) is 1. The number of fused-ring (bicyclic) bond motifs is 3. The van der Waals surface area contributed by atoms with Gasteiger partial charge in [-0.05, 0) is 34.1 Å². The van der Waals surface area contributed by atoms with E-state index in [-0.39, 0.29) is 25.0 Å².